The van der Waals surface area contributed by atoms with Crippen molar-refractivity contribution < 1.29 is 8.78 Å². The van der Waals surface area contributed by atoms with Crippen molar-refractivity contribution in [1.82, 2.24) is 4.98 Å². The molecule has 1 aromatic rings. The van der Waals surface area contributed by atoms with Gasteiger partial charge in [-0.25, -0.2) is 13.8 Å². The minimum absolute atomic E-state index is 0.106. The Balaban J connectivity index is 2.35. The van der Waals surface area contributed by atoms with Crippen molar-refractivity contribution in [1.29, 1.82) is 0 Å². The average Bonchev–Trinajstić information content (AvgIpc) is 2.55. The Morgan fingerprint density at radius 1 is 1.07 bits per heavy atom. The lowest BCUT2D eigenvalue weighted by Gasteiger charge is -2.38. The van der Waals surface area contributed by atoms with Crippen molar-refractivity contribution in [3.63, 3.8) is 0 Å². The van der Waals surface area contributed by atoms with E-state index in [1.165, 1.54) is 0 Å². The molecule has 0 atom stereocenters. The lowest BCUT2D eigenvalue weighted by atomic mass is 9.94. The molecule has 148 valence electrons. The Labute approximate surface area is 172 Å². The zero-order valence-electron chi connectivity index (χ0n) is 17.2. The number of hydrogen-bond acceptors (Lipinski definition) is 1. The standard InChI is InChI=1S/C22H30BrF2NSi/c1-15(2)27(16(3)4,17(5)6)14-11-19-7-8-20(26-21(19)23)18-9-12-22(24,25)13-10-18/h7-9,15-17H,10,12-13H2,1-6H3. The van der Waals surface area contributed by atoms with Gasteiger partial charge >= 0.3 is 0 Å². The van der Waals surface area contributed by atoms with Crippen molar-refractivity contribution in [2.75, 3.05) is 0 Å². The predicted molar refractivity (Wildman–Crippen MR) is 117 cm³/mol. The zero-order chi connectivity index (χ0) is 20.4. The van der Waals surface area contributed by atoms with E-state index in [0.717, 1.165) is 16.8 Å². The molecule has 0 N–H and O–H groups in total. The molecule has 1 nitrogen and oxygen atoms in total. The molecule has 0 aromatic carbocycles. The number of allylic oxidation sites excluding steroid dienone is 2. The molecular weight excluding hydrogens is 424 g/mol. The van der Waals surface area contributed by atoms with Crippen LogP contribution in [0.5, 0.6) is 0 Å². The quantitative estimate of drug-likeness (QED) is 0.259. The van der Waals surface area contributed by atoms with E-state index in [1.807, 2.05) is 12.1 Å². The topological polar surface area (TPSA) is 12.9 Å². The molecule has 1 aromatic heterocycles. The minimum atomic E-state index is -2.58. The molecule has 0 radical (unpaired) electrons. The van der Waals surface area contributed by atoms with Crippen LogP contribution in [-0.2, 0) is 0 Å². The highest BCUT2D eigenvalue weighted by atomic mass is 79.9. The van der Waals surface area contributed by atoms with Crippen LogP contribution in [-0.4, -0.2) is 19.0 Å². The molecular formula is C22H30BrF2NSi. The Bertz CT molecular complexity index is 750. The Kier molecular flexibility index (Phi) is 7.08. The van der Waals surface area contributed by atoms with E-state index in [4.69, 9.17) is 0 Å². The second kappa shape index (κ2) is 8.57. The summed E-state index contributed by atoms with van der Waals surface area (Å²) in [7, 11) is -1.80. The van der Waals surface area contributed by atoms with E-state index in [0.29, 0.717) is 27.6 Å². The first-order valence-electron chi connectivity index (χ1n) is 9.76. The van der Waals surface area contributed by atoms with Gasteiger partial charge in [0.1, 0.15) is 12.7 Å². The van der Waals surface area contributed by atoms with Crippen molar-refractivity contribution >= 4 is 29.6 Å². The molecule has 0 amide bonds. The van der Waals surface area contributed by atoms with Gasteiger partial charge in [0.05, 0.1) is 11.3 Å². The fourth-order valence-electron chi connectivity index (χ4n) is 4.34. The van der Waals surface area contributed by atoms with Gasteiger partial charge in [0.15, 0.2) is 0 Å². The summed E-state index contributed by atoms with van der Waals surface area (Å²) in [6.45, 7) is 13.8. The molecule has 0 spiro atoms. The summed E-state index contributed by atoms with van der Waals surface area (Å²) < 4.78 is 27.4. The summed E-state index contributed by atoms with van der Waals surface area (Å²) >= 11 is 3.54. The van der Waals surface area contributed by atoms with Gasteiger partial charge in [0.25, 0.3) is 5.92 Å². The molecule has 1 heterocycles. The van der Waals surface area contributed by atoms with Gasteiger partial charge < -0.3 is 0 Å². The molecule has 0 unspecified atom stereocenters. The number of rotatable bonds is 4. The van der Waals surface area contributed by atoms with Crippen LogP contribution < -0.4 is 0 Å². The first-order valence-corrected chi connectivity index (χ1v) is 12.8. The Morgan fingerprint density at radius 3 is 2.11 bits per heavy atom. The van der Waals surface area contributed by atoms with Gasteiger partial charge in [-0.05, 0) is 56.7 Å². The number of aromatic nitrogens is 1. The molecule has 0 aliphatic heterocycles. The minimum Gasteiger partial charge on any atom is -0.240 e. The Morgan fingerprint density at radius 2 is 1.67 bits per heavy atom. The largest absolute Gasteiger partial charge is 0.251 e. The van der Waals surface area contributed by atoms with Crippen LogP contribution in [0, 0.1) is 11.5 Å². The molecule has 5 heteroatoms. The summed E-state index contributed by atoms with van der Waals surface area (Å²) in [5, 5.41) is 0. The second-order valence-electron chi connectivity index (χ2n) is 8.47. The van der Waals surface area contributed by atoms with Crippen molar-refractivity contribution in [3.05, 3.63) is 34.1 Å². The van der Waals surface area contributed by atoms with Crippen LogP contribution in [0.2, 0.25) is 16.6 Å². The number of alkyl halides is 2. The number of pyridine rings is 1. The highest BCUT2D eigenvalue weighted by Gasteiger charge is 2.41. The van der Waals surface area contributed by atoms with Gasteiger partial charge in [-0.3, -0.25) is 0 Å². The van der Waals surface area contributed by atoms with Gasteiger partial charge in [-0.15, -0.1) is 5.54 Å². The zero-order valence-corrected chi connectivity index (χ0v) is 19.8. The average molecular weight is 454 g/mol. The molecule has 0 saturated carbocycles. The van der Waals surface area contributed by atoms with E-state index in [1.54, 1.807) is 6.08 Å². The van der Waals surface area contributed by atoms with E-state index < -0.39 is 14.0 Å². The van der Waals surface area contributed by atoms with Gasteiger partial charge in [-0.2, -0.15) is 0 Å². The van der Waals surface area contributed by atoms with Crippen molar-refractivity contribution in [2.24, 2.45) is 0 Å². The third-order valence-electron chi connectivity index (χ3n) is 5.86. The maximum absolute atomic E-state index is 13.4. The fraction of sp³-hybridized carbons (Fsp3) is 0.591. The summed E-state index contributed by atoms with van der Waals surface area (Å²) in [6, 6.07) is 3.88. The third-order valence-corrected chi connectivity index (χ3v) is 12.8. The van der Waals surface area contributed by atoms with E-state index >= 15 is 0 Å². The molecule has 2 rings (SSSR count). The van der Waals surface area contributed by atoms with Gasteiger partial charge in [0, 0.05) is 12.8 Å². The monoisotopic (exact) mass is 453 g/mol. The van der Waals surface area contributed by atoms with Crippen LogP contribution >= 0.6 is 15.9 Å². The van der Waals surface area contributed by atoms with E-state index in [9.17, 15) is 8.78 Å². The molecule has 27 heavy (non-hydrogen) atoms. The number of nitrogens with zero attached hydrogens (tertiary/aromatic N) is 1. The SMILES string of the molecule is CC(C)[Si](C#Cc1ccc(C2=CCC(F)(F)CC2)nc1Br)(C(C)C)C(C)C. The lowest BCUT2D eigenvalue weighted by Crippen LogP contribution is -2.43. The summed E-state index contributed by atoms with van der Waals surface area (Å²) in [6.07, 6.45) is 1.68. The number of hydrogen-bond donors (Lipinski definition) is 0. The molecule has 0 fully saturated rings. The molecule has 1 aliphatic carbocycles. The van der Waals surface area contributed by atoms with E-state index in [2.05, 4.69) is 73.9 Å². The van der Waals surface area contributed by atoms with Crippen LogP contribution in [0.1, 0.15) is 72.1 Å². The third kappa shape index (κ3) is 4.89. The first kappa shape index (κ1) is 22.3. The summed E-state index contributed by atoms with van der Waals surface area (Å²) in [5.74, 6) is 0.825. The van der Waals surface area contributed by atoms with Crippen LogP contribution in [0.3, 0.4) is 0 Å². The maximum Gasteiger partial charge on any atom is 0.251 e. The first-order chi connectivity index (χ1) is 12.5. The smallest absolute Gasteiger partial charge is 0.240 e. The predicted octanol–water partition coefficient (Wildman–Crippen LogP) is 7.62. The molecule has 0 bridgehead atoms. The molecule has 0 saturated heterocycles. The second-order valence-corrected chi connectivity index (χ2v) is 14.8. The summed E-state index contributed by atoms with van der Waals surface area (Å²) in [5.41, 5.74) is 7.97. The normalized spacial score (nSPS) is 17.1. The van der Waals surface area contributed by atoms with Crippen LogP contribution in [0.15, 0.2) is 22.8 Å². The summed E-state index contributed by atoms with van der Waals surface area (Å²) in [4.78, 5) is 4.60. The fourth-order valence-corrected chi connectivity index (χ4v) is 9.98. The highest BCUT2D eigenvalue weighted by Crippen LogP contribution is 2.41. The lowest BCUT2D eigenvalue weighted by molar-refractivity contribution is -0.00605. The van der Waals surface area contributed by atoms with Crippen LogP contribution in [0.25, 0.3) is 5.57 Å². The van der Waals surface area contributed by atoms with Gasteiger partial charge in [0.2, 0.25) is 0 Å². The Hall–Kier alpha value is -0.993. The highest BCUT2D eigenvalue weighted by molar-refractivity contribution is 9.10. The van der Waals surface area contributed by atoms with Crippen LogP contribution in [0.4, 0.5) is 8.78 Å². The van der Waals surface area contributed by atoms with Crippen molar-refractivity contribution in [2.45, 2.75) is 83.4 Å². The van der Waals surface area contributed by atoms with Crippen molar-refractivity contribution in [3.8, 4) is 11.5 Å². The molecule has 1 aliphatic rings. The van der Waals surface area contributed by atoms with E-state index in [-0.39, 0.29) is 12.8 Å². The van der Waals surface area contributed by atoms with Gasteiger partial charge in [-0.1, -0.05) is 53.5 Å². The number of halogens is 3. The maximum atomic E-state index is 13.4.